The molecule has 2 saturated heterocycles. The van der Waals surface area contributed by atoms with Crippen LogP contribution < -0.4 is 0 Å². The van der Waals surface area contributed by atoms with Gasteiger partial charge in [0.1, 0.15) is 5.72 Å². The first-order valence-electron chi connectivity index (χ1n) is 5.63. The van der Waals surface area contributed by atoms with Crippen LogP contribution in [0.2, 0.25) is 0 Å². The normalized spacial score (nSPS) is 43.5. The van der Waals surface area contributed by atoms with Crippen LogP contribution in [0.5, 0.6) is 0 Å². The molecule has 4 heteroatoms. The lowest BCUT2D eigenvalue weighted by Gasteiger charge is -2.29. The van der Waals surface area contributed by atoms with Crippen molar-refractivity contribution in [3.63, 3.8) is 0 Å². The number of fused-ring (bicyclic) bond motifs is 1. The predicted molar refractivity (Wildman–Crippen MR) is 51.8 cm³/mol. The van der Waals surface area contributed by atoms with Crippen LogP contribution in [0.4, 0.5) is 4.39 Å². The molecule has 0 N–H and O–H groups in total. The SMILES string of the molecule is CC1(C)OC[C@@H]2[C@H](C3CC3)[C@@H](F)C(=O)N21. The largest absolute Gasteiger partial charge is 0.354 e. The highest BCUT2D eigenvalue weighted by atomic mass is 19.1. The first kappa shape index (κ1) is 9.58. The van der Waals surface area contributed by atoms with Crippen LogP contribution in [0.15, 0.2) is 0 Å². The Balaban J connectivity index is 1.93. The molecule has 84 valence electrons. The Morgan fingerprint density at radius 2 is 2.13 bits per heavy atom. The maximum Gasteiger partial charge on any atom is 0.260 e. The van der Waals surface area contributed by atoms with Gasteiger partial charge in [0, 0.05) is 5.92 Å². The van der Waals surface area contributed by atoms with Crippen molar-refractivity contribution >= 4 is 5.91 Å². The van der Waals surface area contributed by atoms with Crippen LogP contribution in [-0.4, -0.2) is 35.4 Å². The molecule has 0 aromatic carbocycles. The Morgan fingerprint density at radius 1 is 1.47 bits per heavy atom. The van der Waals surface area contributed by atoms with E-state index in [9.17, 15) is 9.18 Å². The number of ether oxygens (including phenoxy) is 1. The number of hydrogen-bond donors (Lipinski definition) is 0. The monoisotopic (exact) mass is 213 g/mol. The minimum absolute atomic E-state index is 0.0185. The Bertz CT molecular complexity index is 314. The van der Waals surface area contributed by atoms with Crippen molar-refractivity contribution in [2.45, 2.75) is 44.6 Å². The molecule has 3 fully saturated rings. The standard InChI is InChI=1S/C11H16FNO2/c1-11(2)13-7(5-15-11)8(6-3-4-6)9(12)10(13)14/h6-9H,3-5H2,1-2H3/t7-,8+,9-/m1/s1. The first-order chi connectivity index (χ1) is 7.02. The number of nitrogens with zero attached hydrogens (tertiary/aromatic N) is 1. The molecule has 0 radical (unpaired) electrons. The van der Waals surface area contributed by atoms with Crippen LogP contribution >= 0.6 is 0 Å². The lowest BCUT2D eigenvalue weighted by atomic mass is 9.94. The van der Waals surface area contributed by atoms with Crippen LogP contribution in [-0.2, 0) is 9.53 Å². The summed E-state index contributed by atoms with van der Waals surface area (Å²) in [6.07, 6.45) is 0.859. The van der Waals surface area contributed by atoms with Crippen LogP contribution in [0.3, 0.4) is 0 Å². The zero-order valence-electron chi connectivity index (χ0n) is 9.07. The van der Waals surface area contributed by atoms with Crippen LogP contribution in [0.1, 0.15) is 26.7 Å². The van der Waals surface area contributed by atoms with Gasteiger partial charge in [-0.1, -0.05) is 0 Å². The van der Waals surface area contributed by atoms with Crippen molar-refractivity contribution in [3.8, 4) is 0 Å². The molecule has 3 aliphatic rings. The van der Waals surface area contributed by atoms with E-state index in [1.807, 2.05) is 13.8 Å². The quantitative estimate of drug-likeness (QED) is 0.657. The summed E-state index contributed by atoms with van der Waals surface area (Å²) in [7, 11) is 0. The number of rotatable bonds is 1. The third-order valence-electron chi connectivity index (χ3n) is 3.94. The number of alkyl halides is 1. The van der Waals surface area contributed by atoms with Gasteiger partial charge in [0.05, 0.1) is 12.6 Å². The summed E-state index contributed by atoms with van der Waals surface area (Å²) in [5.41, 5.74) is -0.615. The van der Waals surface area contributed by atoms with Crippen molar-refractivity contribution in [1.29, 1.82) is 0 Å². The Hall–Kier alpha value is -0.640. The minimum atomic E-state index is -1.29. The van der Waals surface area contributed by atoms with Crippen molar-refractivity contribution in [3.05, 3.63) is 0 Å². The summed E-state index contributed by atoms with van der Waals surface area (Å²) in [5, 5.41) is 0. The van der Waals surface area contributed by atoms with Gasteiger partial charge >= 0.3 is 0 Å². The molecule has 0 aromatic heterocycles. The number of amides is 1. The number of hydrogen-bond acceptors (Lipinski definition) is 2. The third kappa shape index (κ3) is 1.17. The lowest BCUT2D eigenvalue weighted by molar-refractivity contribution is -0.145. The molecule has 2 heterocycles. The Morgan fingerprint density at radius 3 is 2.73 bits per heavy atom. The second-order valence-corrected chi connectivity index (χ2v) is 5.35. The van der Waals surface area contributed by atoms with Crippen molar-refractivity contribution in [2.75, 3.05) is 6.61 Å². The molecule has 0 unspecified atom stereocenters. The van der Waals surface area contributed by atoms with E-state index >= 15 is 0 Å². The summed E-state index contributed by atoms with van der Waals surface area (Å²) in [4.78, 5) is 13.4. The molecule has 0 spiro atoms. The zero-order chi connectivity index (χ0) is 10.8. The fourth-order valence-electron chi connectivity index (χ4n) is 3.07. The second kappa shape index (κ2) is 2.73. The van der Waals surface area contributed by atoms with Gasteiger partial charge in [0.15, 0.2) is 6.17 Å². The summed E-state index contributed by atoms with van der Waals surface area (Å²) in [6, 6.07) is -0.0185. The molecule has 3 nitrogen and oxygen atoms in total. The molecule has 1 saturated carbocycles. The van der Waals surface area contributed by atoms with E-state index in [0.29, 0.717) is 12.5 Å². The molecule has 3 atom stereocenters. The van der Waals surface area contributed by atoms with Crippen molar-refractivity contribution < 1.29 is 13.9 Å². The van der Waals surface area contributed by atoms with Crippen molar-refractivity contribution in [2.24, 2.45) is 11.8 Å². The maximum absolute atomic E-state index is 13.9. The fourth-order valence-corrected chi connectivity index (χ4v) is 3.07. The number of halogens is 1. The molecule has 2 aliphatic heterocycles. The van der Waals surface area contributed by atoms with Crippen LogP contribution in [0.25, 0.3) is 0 Å². The van der Waals surface area contributed by atoms with Gasteiger partial charge in [-0.05, 0) is 32.6 Å². The van der Waals surface area contributed by atoms with Gasteiger partial charge in [-0.2, -0.15) is 0 Å². The van der Waals surface area contributed by atoms with E-state index in [1.165, 1.54) is 0 Å². The Labute approximate surface area is 88.6 Å². The predicted octanol–water partition coefficient (Wildman–Crippen LogP) is 1.33. The molecule has 0 bridgehead atoms. The molecule has 3 rings (SSSR count). The molecule has 1 amide bonds. The Kier molecular flexibility index (Phi) is 1.74. The summed E-state index contributed by atoms with van der Waals surface area (Å²) in [5.74, 6) is -0.0601. The minimum Gasteiger partial charge on any atom is -0.354 e. The fraction of sp³-hybridized carbons (Fsp3) is 0.909. The molecule has 1 aliphatic carbocycles. The average Bonchev–Trinajstić information content (AvgIpc) is 2.88. The smallest absolute Gasteiger partial charge is 0.260 e. The molecular weight excluding hydrogens is 197 g/mol. The van der Waals surface area contributed by atoms with E-state index in [4.69, 9.17) is 4.74 Å². The highest BCUT2D eigenvalue weighted by molar-refractivity contribution is 5.85. The number of carbonyl (C=O) groups excluding carboxylic acids is 1. The first-order valence-corrected chi connectivity index (χ1v) is 5.63. The van der Waals surface area contributed by atoms with Gasteiger partial charge in [-0.25, -0.2) is 4.39 Å². The molecule has 0 aromatic rings. The van der Waals surface area contributed by atoms with Gasteiger partial charge in [0.2, 0.25) is 0 Å². The maximum atomic E-state index is 13.9. The summed E-state index contributed by atoms with van der Waals surface area (Å²) in [6.45, 7) is 4.18. The van der Waals surface area contributed by atoms with E-state index in [2.05, 4.69) is 0 Å². The van der Waals surface area contributed by atoms with Gasteiger partial charge in [-0.15, -0.1) is 0 Å². The highest BCUT2D eigenvalue weighted by Gasteiger charge is 2.60. The van der Waals surface area contributed by atoms with Gasteiger partial charge < -0.3 is 9.64 Å². The van der Waals surface area contributed by atoms with E-state index in [1.54, 1.807) is 4.90 Å². The second-order valence-electron chi connectivity index (χ2n) is 5.35. The summed E-state index contributed by atoms with van der Waals surface area (Å²) < 4.78 is 19.5. The van der Waals surface area contributed by atoms with E-state index < -0.39 is 11.9 Å². The average molecular weight is 213 g/mol. The summed E-state index contributed by atoms with van der Waals surface area (Å²) >= 11 is 0. The third-order valence-corrected chi connectivity index (χ3v) is 3.94. The van der Waals surface area contributed by atoms with Gasteiger partial charge in [0.25, 0.3) is 5.91 Å². The molecular formula is C11H16FNO2. The topological polar surface area (TPSA) is 29.5 Å². The van der Waals surface area contributed by atoms with Crippen LogP contribution in [0, 0.1) is 11.8 Å². The van der Waals surface area contributed by atoms with E-state index in [0.717, 1.165) is 12.8 Å². The van der Waals surface area contributed by atoms with Crippen molar-refractivity contribution in [1.82, 2.24) is 4.90 Å². The molecule has 15 heavy (non-hydrogen) atoms. The van der Waals surface area contributed by atoms with Gasteiger partial charge in [-0.3, -0.25) is 4.79 Å². The lowest BCUT2D eigenvalue weighted by Crippen LogP contribution is -2.44. The number of carbonyl (C=O) groups is 1. The zero-order valence-corrected chi connectivity index (χ0v) is 9.07. The highest BCUT2D eigenvalue weighted by Crippen LogP contribution is 2.50. The van der Waals surface area contributed by atoms with E-state index in [-0.39, 0.29) is 17.9 Å².